The van der Waals surface area contributed by atoms with Crippen molar-refractivity contribution in [3.8, 4) is 5.69 Å². The number of hydrogen-bond acceptors (Lipinski definition) is 3. The first-order chi connectivity index (χ1) is 15.0. The normalized spacial score (nSPS) is 10.8. The Morgan fingerprint density at radius 1 is 0.935 bits per heavy atom. The van der Waals surface area contributed by atoms with Gasteiger partial charge >= 0.3 is 0 Å². The molecule has 31 heavy (non-hydrogen) atoms. The van der Waals surface area contributed by atoms with Crippen LogP contribution in [0.25, 0.3) is 16.7 Å². The van der Waals surface area contributed by atoms with Crippen LogP contribution in [0.4, 0.5) is 11.4 Å². The minimum atomic E-state index is -0.227. The highest BCUT2D eigenvalue weighted by atomic mass is 35.5. The Labute approximate surface area is 184 Å². The van der Waals surface area contributed by atoms with E-state index < -0.39 is 0 Å². The number of para-hydroxylation sites is 3. The van der Waals surface area contributed by atoms with E-state index in [1.54, 1.807) is 18.2 Å². The molecule has 0 bridgehead atoms. The third-order valence-electron chi connectivity index (χ3n) is 4.79. The van der Waals surface area contributed by atoms with Gasteiger partial charge in [0.15, 0.2) is 0 Å². The van der Waals surface area contributed by atoms with Crippen molar-refractivity contribution in [2.45, 2.75) is 19.8 Å². The first-order valence-electron chi connectivity index (χ1n) is 9.90. The summed E-state index contributed by atoms with van der Waals surface area (Å²) in [5.41, 5.74) is 3.83. The predicted octanol–water partition coefficient (Wildman–Crippen LogP) is 5.21. The molecular weight excluding hydrogens is 412 g/mol. The summed E-state index contributed by atoms with van der Waals surface area (Å²) in [7, 11) is 0. The molecule has 4 rings (SSSR count). The van der Waals surface area contributed by atoms with E-state index in [4.69, 9.17) is 16.6 Å². The number of anilines is 2. The third-order valence-corrected chi connectivity index (χ3v) is 5.02. The van der Waals surface area contributed by atoms with E-state index in [9.17, 15) is 9.59 Å². The molecule has 4 aromatic rings. The number of aromatic nitrogens is 2. The van der Waals surface area contributed by atoms with Crippen LogP contribution in [-0.2, 0) is 16.0 Å². The predicted molar refractivity (Wildman–Crippen MR) is 124 cm³/mol. The summed E-state index contributed by atoms with van der Waals surface area (Å²) >= 11 is 6.07. The van der Waals surface area contributed by atoms with Gasteiger partial charge in [-0.3, -0.25) is 14.2 Å². The number of hydrogen-bond donors (Lipinski definition) is 2. The van der Waals surface area contributed by atoms with Gasteiger partial charge in [-0.1, -0.05) is 41.9 Å². The zero-order valence-corrected chi connectivity index (χ0v) is 17.7. The lowest BCUT2D eigenvalue weighted by Gasteiger charge is -2.12. The SMILES string of the molecule is CC(=O)Nc1ccc(Cl)cc1NC(=O)CCc1nc2ccccc2n1-c1ccccc1. The lowest BCUT2D eigenvalue weighted by molar-refractivity contribution is -0.116. The number of carbonyl (C=O) groups is 2. The summed E-state index contributed by atoms with van der Waals surface area (Å²) in [4.78, 5) is 28.9. The molecule has 0 spiro atoms. The molecule has 0 saturated heterocycles. The number of halogens is 1. The van der Waals surface area contributed by atoms with Crippen molar-refractivity contribution in [2.24, 2.45) is 0 Å². The zero-order valence-electron chi connectivity index (χ0n) is 16.9. The van der Waals surface area contributed by atoms with Gasteiger partial charge in [-0.25, -0.2) is 4.98 Å². The van der Waals surface area contributed by atoms with Crippen molar-refractivity contribution in [3.05, 3.63) is 83.6 Å². The molecule has 0 radical (unpaired) electrons. The van der Waals surface area contributed by atoms with Crippen LogP contribution in [0.15, 0.2) is 72.8 Å². The average molecular weight is 433 g/mol. The first kappa shape index (κ1) is 20.6. The first-order valence-corrected chi connectivity index (χ1v) is 10.3. The second-order valence-electron chi connectivity index (χ2n) is 7.11. The number of nitrogens with one attached hydrogen (secondary N) is 2. The minimum absolute atomic E-state index is 0.194. The lowest BCUT2D eigenvalue weighted by atomic mass is 10.2. The Kier molecular flexibility index (Phi) is 6.00. The van der Waals surface area contributed by atoms with Crippen molar-refractivity contribution in [1.29, 1.82) is 0 Å². The molecule has 0 aliphatic carbocycles. The third kappa shape index (κ3) is 4.75. The van der Waals surface area contributed by atoms with E-state index in [0.717, 1.165) is 22.5 Å². The average Bonchev–Trinajstić information content (AvgIpc) is 3.13. The van der Waals surface area contributed by atoms with Gasteiger partial charge in [0.05, 0.1) is 22.4 Å². The van der Waals surface area contributed by atoms with Crippen LogP contribution >= 0.6 is 11.6 Å². The Morgan fingerprint density at radius 3 is 2.45 bits per heavy atom. The van der Waals surface area contributed by atoms with E-state index in [2.05, 4.69) is 15.2 Å². The summed E-state index contributed by atoms with van der Waals surface area (Å²) in [6.07, 6.45) is 0.674. The molecule has 0 fully saturated rings. The smallest absolute Gasteiger partial charge is 0.224 e. The number of rotatable bonds is 6. The van der Waals surface area contributed by atoms with Crippen LogP contribution in [-0.4, -0.2) is 21.4 Å². The molecule has 1 aromatic heterocycles. The van der Waals surface area contributed by atoms with Crippen molar-refractivity contribution in [3.63, 3.8) is 0 Å². The number of amides is 2. The van der Waals surface area contributed by atoms with E-state index in [1.165, 1.54) is 6.92 Å². The Hall–Kier alpha value is -3.64. The fourth-order valence-corrected chi connectivity index (χ4v) is 3.64. The molecule has 1 heterocycles. The molecule has 7 heteroatoms. The van der Waals surface area contributed by atoms with Gasteiger partial charge in [-0.15, -0.1) is 0 Å². The number of nitrogens with zero attached hydrogens (tertiary/aromatic N) is 2. The summed E-state index contributed by atoms with van der Waals surface area (Å²) in [6, 6.07) is 22.8. The molecule has 3 aromatic carbocycles. The van der Waals surface area contributed by atoms with Gasteiger partial charge in [0, 0.05) is 30.5 Å². The van der Waals surface area contributed by atoms with Crippen LogP contribution in [0.1, 0.15) is 19.2 Å². The summed E-state index contributed by atoms with van der Waals surface area (Å²) in [5, 5.41) is 6.01. The van der Waals surface area contributed by atoms with E-state index >= 15 is 0 Å². The molecule has 156 valence electrons. The number of fused-ring (bicyclic) bond motifs is 1. The van der Waals surface area contributed by atoms with Gasteiger partial charge in [-0.05, 0) is 42.5 Å². The molecular formula is C24H21ClN4O2. The van der Waals surface area contributed by atoms with Crippen LogP contribution in [0.5, 0.6) is 0 Å². The fraction of sp³-hybridized carbons (Fsp3) is 0.125. The zero-order chi connectivity index (χ0) is 21.8. The van der Waals surface area contributed by atoms with Gasteiger partial charge < -0.3 is 10.6 Å². The van der Waals surface area contributed by atoms with Crippen LogP contribution in [0.3, 0.4) is 0 Å². The van der Waals surface area contributed by atoms with Gasteiger partial charge in [-0.2, -0.15) is 0 Å². The van der Waals surface area contributed by atoms with Crippen molar-refractivity contribution in [2.75, 3.05) is 10.6 Å². The number of benzene rings is 3. The molecule has 0 unspecified atom stereocenters. The molecule has 0 saturated carbocycles. The van der Waals surface area contributed by atoms with E-state index in [0.29, 0.717) is 22.8 Å². The maximum atomic E-state index is 12.7. The number of carbonyl (C=O) groups excluding carboxylic acids is 2. The molecule has 0 atom stereocenters. The Balaban J connectivity index is 1.56. The van der Waals surface area contributed by atoms with Crippen LogP contribution in [0, 0.1) is 0 Å². The van der Waals surface area contributed by atoms with Gasteiger partial charge in [0.2, 0.25) is 11.8 Å². The largest absolute Gasteiger partial charge is 0.325 e. The minimum Gasteiger partial charge on any atom is -0.325 e. The summed E-state index contributed by atoms with van der Waals surface area (Å²) < 4.78 is 2.07. The standard InChI is InChI=1S/C24H21ClN4O2/c1-16(30)26-19-12-11-17(25)15-21(19)28-24(31)14-13-23-27-20-9-5-6-10-22(20)29(23)18-7-3-2-4-8-18/h2-12,15H,13-14H2,1H3,(H,26,30)(H,28,31). The highest BCUT2D eigenvalue weighted by Gasteiger charge is 2.15. The quantitative estimate of drug-likeness (QED) is 0.439. The van der Waals surface area contributed by atoms with E-state index in [1.807, 2.05) is 54.6 Å². The topological polar surface area (TPSA) is 76.0 Å². The monoisotopic (exact) mass is 432 g/mol. The maximum Gasteiger partial charge on any atom is 0.224 e. The number of aryl methyl sites for hydroxylation is 1. The van der Waals surface area contributed by atoms with Crippen molar-refractivity contribution < 1.29 is 9.59 Å². The van der Waals surface area contributed by atoms with Crippen LogP contribution in [0.2, 0.25) is 5.02 Å². The molecule has 2 amide bonds. The van der Waals surface area contributed by atoms with Gasteiger partial charge in [0.1, 0.15) is 5.82 Å². The maximum absolute atomic E-state index is 12.7. The van der Waals surface area contributed by atoms with Gasteiger partial charge in [0.25, 0.3) is 0 Å². The molecule has 6 nitrogen and oxygen atoms in total. The Morgan fingerprint density at radius 2 is 1.68 bits per heavy atom. The molecule has 0 aliphatic heterocycles. The Bertz CT molecular complexity index is 1250. The number of imidazole rings is 1. The highest BCUT2D eigenvalue weighted by Crippen LogP contribution is 2.27. The summed E-state index contributed by atoms with van der Waals surface area (Å²) in [5.74, 6) is 0.380. The second kappa shape index (κ2) is 9.02. The fourth-order valence-electron chi connectivity index (χ4n) is 3.47. The van der Waals surface area contributed by atoms with Crippen molar-refractivity contribution in [1.82, 2.24) is 9.55 Å². The second-order valence-corrected chi connectivity index (χ2v) is 7.54. The highest BCUT2D eigenvalue weighted by molar-refractivity contribution is 6.31. The molecule has 0 aliphatic rings. The summed E-state index contributed by atoms with van der Waals surface area (Å²) in [6.45, 7) is 1.41. The van der Waals surface area contributed by atoms with Crippen LogP contribution < -0.4 is 10.6 Å². The van der Waals surface area contributed by atoms with E-state index in [-0.39, 0.29) is 18.2 Å². The van der Waals surface area contributed by atoms with Crippen molar-refractivity contribution >= 4 is 45.8 Å². The molecule has 2 N–H and O–H groups in total. The lowest BCUT2D eigenvalue weighted by Crippen LogP contribution is -2.16.